The minimum Gasteiger partial charge on any atom is -0.358 e. The highest BCUT2D eigenvalue weighted by Crippen LogP contribution is 2.57. The number of halogens is 4. The zero-order chi connectivity index (χ0) is 23.5. The van der Waals surface area contributed by atoms with Gasteiger partial charge in [-0.1, -0.05) is 6.08 Å². The summed E-state index contributed by atoms with van der Waals surface area (Å²) in [5, 5.41) is 8.97. The quantitative estimate of drug-likeness (QED) is 0.662. The lowest BCUT2D eigenvalue weighted by atomic mass is 9.53. The molecular formula is C22H28F4N4O2. The molecule has 4 fully saturated rings. The topological polar surface area (TPSA) is 76.0 Å². The van der Waals surface area contributed by atoms with Crippen molar-refractivity contribution in [1.29, 1.82) is 0 Å². The van der Waals surface area contributed by atoms with Gasteiger partial charge in [-0.25, -0.2) is 9.07 Å². The summed E-state index contributed by atoms with van der Waals surface area (Å²) in [5.41, 5.74) is -4.05. The Kier molecular flexibility index (Phi) is 5.40. The predicted molar refractivity (Wildman–Crippen MR) is 109 cm³/mol. The summed E-state index contributed by atoms with van der Waals surface area (Å²) in [6.45, 7) is 3.10. The van der Waals surface area contributed by atoms with E-state index in [-0.39, 0.29) is 23.8 Å². The van der Waals surface area contributed by atoms with Gasteiger partial charge in [-0.2, -0.15) is 18.3 Å². The third-order valence-electron chi connectivity index (χ3n) is 7.25. The van der Waals surface area contributed by atoms with Gasteiger partial charge in [-0.3, -0.25) is 9.59 Å². The average Bonchev–Trinajstić information content (AvgIpc) is 3.12. The fourth-order valence-electron chi connectivity index (χ4n) is 5.97. The van der Waals surface area contributed by atoms with E-state index in [0.717, 1.165) is 25.2 Å². The van der Waals surface area contributed by atoms with Crippen molar-refractivity contribution in [1.82, 2.24) is 20.4 Å². The molecule has 32 heavy (non-hydrogen) atoms. The maximum absolute atomic E-state index is 14.9. The van der Waals surface area contributed by atoms with E-state index in [1.54, 1.807) is 13.8 Å². The van der Waals surface area contributed by atoms with Gasteiger partial charge in [0.1, 0.15) is 5.67 Å². The Bertz CT molecular complexity index is 936. The second-order valence-corrected chi connectivity index (χ2v) is 10.1. The van der Waals surface area contributed by atoms with Crippen LogP contribution in [0.4, 0.5) is 17.6 Å². The van der Waals surface area contributed by atoms with E-state index >= 15 is 0 Å². The van der Waals surface area contributed by atoms with Gasteiger partial charge in [0.25, 0.3) is 5.91 Å². The number of amides is 2. The van der Waals surface area contributed by atoms with Crippen molar-refractivity contribution in [2.45, 2.75) is 63.8 Å². The molecule has 2 N–H and O–H groups in total. The maximum Gasteiger partial charge on any atom is 0.434 e. The number of carbonyl (C=O) groups excluding carboxylic acids is 2. The van der Waals surface area contributed by atoms with Crippen LogP contribution < -0.4 is 10.6 Å². The van der Waals surface area contributed by atoms with Crippen molar-refractivity contribution in [3.05, 3.63) is 23.5 Å². The second kappa shape index (κ2) is 7.59. The lowest BCUT2D eigenvalue weighted by Crippen LogP contribution is -2.60. The van der Waals surface area contributed by atoms with Crippen LogP contribution in [0, 0.1) is 23.2 Å². The van der Waals surface area contributed by atoms with Gasteiger partial charge in [0.15, 0.2) is 5.69 Å². The first kappa shape index (κ1) is 22.8. The molecule has 0 radical (unpaired) electrons. The monoisotopic (exact) mass is 456 g/mol. The van der Waals surface area contributed by atoms with E-state index in [0.29, 0.717) is 29.9 Å². The molecule has 4 aliphatic rings. The van der Waals surface area contributed by atoms with Crippen molar-refractivity contribution in [3.8, 4) is 0 Å². The molecule has 176 valence electrons. The van der Waals surface area contributed by atoms with Crippen LogP contribution in [0.2, 0.25) is 0 Å². The van der Waals surface area contributed by atoms with E-state index < -0.39 is 34.4 Å². The first-order chi connectivity index (χ1) is 14.8. The summed E-state index contributed by atoms with van der Waals surface area (Å²) < 4.78 is 57.1. The summed E-state index contributed by atoms with van der Waals surface area (Å²) in [5.74, 6) is -1.03. The largest absolute Gasteiger partial charge is 0.434 e. The number of carbonyl (C=O) groups is 2. The summed E-state index contributed by atoms with van der Waals surface area (Å²) in [7, 11) is 1.43. The van der Waals surface area contributed by atoms with E-state index in [1.807, 2.05) is 0 Å². The number of alkyl halides is 4. The van der Waals surface area contributed by atoms with Crippen LogP contribution in [0.5, 0.6) is 0 Å². The van der Waals surface area contributed by atoms with Crippen molar-refractivity contribution in [2.75, 3.05) is 7.05 Å². The number of aromatic nitrogens is 2. The van der Waals surface area contributed by atoms with Crippen molar-refractivity contribution in [3.63, 3.8) is 0 Å². The maximum atomic E-state index is 14.9. The molecule has 0 aromatic carbocycles. The minimum atomic E-state index is -4.84. The SMILES string of the molecule is CNC(=O)C(C)(C)C=Cn1ncc(C(=O)NC2C3CC4CC2CC(F)(C4)C3)c1C(F)(F)F. The normalized spacial score (nSPS) is 31.8. The van der Waals surface area contributed by atoms with Crippen LogP contribution in [0.3, 0.4) is 0 Å². The molecule has 10 heteroatoms. The zero-order valence-corrected chi connectivity index (χ0v) is 18.3. The fraction of sp³-hybridized carbons (Fsp3) is 0.682. The van der Waals surface area contributed by atoms with Crippen molar-refractivity contribution >= 4 is 18.0 Å². The summed E-state index contributed by atoms with van der Waals surface area (Å²) in [6.07, 6.45) is 1.27. The first-order valence-corrected chi connectivity index (χ1v) is 10.9. The third-order valence-corrected chi connectivity index (χ3v) is 7.25. The Balaban J connectivity index is 1.57. The molecular weight excluding hydrogens is 428 g/mol. The second-order valence-electron chi connectivity index (χ2n) is 10.1. The Morgan fingerprint density at radius 1 is 1.19 bits per heavy atom. The number of hydrogen-bond acceptors (Lipinski definition) is 3. The van der Waals surface area contributed by atoms with Gasteiger partial charge in [-0.05, 0) is 63.7 Å². The van der Waals surface area contributed by atoms with Crippen molar-refractivity contribution < 1.29 is 27.2 Å². The molecule has 6 nitrogen and oxygen atoms in total. The highest BCUT2D eigenvalue weighted by Gasteiger charge is 2.56. The van der Waals surface area contributed by atoms with Crippen LogP contribution in [0.25, 0.3) is 6.20 Å². The minimum absolute atomic E-state index is 0.0483. The Morgan fingerprint density at radius 3 is 2.34 bits per heavy atom. The highest BCUT2D eigenvalue weighted by molar-refractivity contribution is 5.95. The summed E-state index contributed by atoms with van der Waals surface area (Å²) in [4.78, 5) is 24.8. The molecule has 0 aliphatic heterocycles. The van der Waals surface area contributed by atoms with Crippen molar-refractivity contribution in [2.24, 2.45) is 23.2 Å². The Morgan fingerprint density at radius 2 is 1.81 bits per heavy atom. The van der Waals surface area contributed by atoms with Gasteiger partial charge in [-0.15, -0.1) is 0 Å². The van der Waals surface area contributed by atoms with E-state index in [4.69, 9.17) is 0 Å². The van der Waals surface area contributed by atoms with Crippen LogP contribution in [0.1, 0.15) is 62.0 Å². The molecule has 5 rings (SSSR count). The molecule has 4 aliphatic carbocycles. The summed E-state index contributed by atoms with van der Waals surface area (Å²) in [6, 6.07) is -0.324. The molecule has 1 aromatic rings. The standard InChI is InChI=1S/C22H28F4N4O2/c1-20(2,19(32)27-3)4-5-30-17(22(24,25)26)15(11-28-30)18(31)29-16-13-6-12-7-14(16)10-21(23,8-12)9-13/h4-5,11-14,16H,6-10H2,1-3H3,(H,27,32)(H,29,31). The van der Waals surface area contributed by atoms with Gasteiger partial charge >= 0.3 is 6.18 Å². The summed E-state index contributed by atoms with van der Waals surface area (Å²) >= 11 is 0. The number of rotatable bonds is 5. The molecule has 2 atom stereocenters. The fourth-order valence-corrected chi connectivity index (χ4v) is 5.97. The third kappa shape index (κ3) is 4.03. The number of nitrogens with zero attached hydrogens (tertiary/aromatic N) is 2. The first-order valence-electron chi connectivity index (χ1n) is 10.9. The molecule has 0 saturated heterocycles. The van der Waals surface area contributed by atoms with Gasteiger partial charge in [0.05, 0.1) is 17.2 Å². The predicted octanol–water partition coefficient (Wildman–Crippen LogP) is 3.79. The molecule has 0 spiro atoms. The lowest BCUT2D eigenvalue weighted by Gasteiger charge is -2.56. The van der Waals surface area contributed by atoms with Crippen LogP contribution in [0.15, 0.2) is 12.3 Å². The smallest absolute Gasteiger partial charge is 0.358 e. The Labute approximate surface area is 183 Å². The number of hydrogen-bond donors (Lipinski definition) is 2. The number of nitrogens with one attached hydrogen (secondary N) is 2. The van der Waals surface area contributed by atoms with Crippen LogP contribution >= 0.6 is 0 Å². The Hall–Kier alpha value is -2.39. The molecule has 2 amide bonds. The highest BCUT2D eigenvalue weighted by atomic mass is 19.4. The molecule has 1 heterocycles. The molecule has 1 aromatic heterocycles. The molecule has 2 unspecified atom stereocenters. The average molecular weight is 456 g/mol. The van der Waals surface area contributed by atoms with E-state index in [1.165, 1.54) is 13.1 Å². The van der Waals surface area contributed by atoms with Gasteiger partial charge in [0.2, 0.25) is 5.91 Å². The zero-order valence-electron chi connectivity index (χ0n) is 18.3. The van der Waals surface area contributed by atoms with E-state index in [9.17, 15) is 27.2 Å². The van der Waals surface area contributed by atoms with Crippen LogP contribution in [-0.2, 0) is 11.0 Å². The van der Waals surface area contributed by atoms with Crippen LogP contribution in [-0.4, -0.2) is 40.4 Å². The van der Waals surface area contributed by atoms with Gasteiger partial charge < -0.3 is 10.6 Å². The van der Waals surface area contributed by atoms with Gasteiger partial charge in [0, 0.05) is 19.3 Å². The van der Waals surface area contributed by atoms with E-state index in [2.05, 4.69) is 15.7 Å². The lowest BCUT2D eigenvalue weighted by molar-refractivity contribution is -0.142. The molecule has 4 bridgehead atoms. The molecule has 4 saturated carbocycles.